The van der Waals surface area contributed by atoms with Crippen LogP contribution in [0.4, 0.5) is 0 Å². The lowest BCUT2D eigenvalue weighted by atomic mass is 9.77. The molecule has 0 saturated carbocycles. The van der Waals surface area contributed by atoms with Crippen LogP contribution in [0.25, 0.3) is 0 Å². The van der Waals surface area contributed by atoms with Gasteiger partial charge in [0.25, 0.3) is 0 Å². The number of aliphatic hydroxyl groups excluding tert-OH is 1. The van der Waals surface area contributed by atoms with Gasteiger partial charge in [-0.25, -0.2) is 0 Å². The summed E-state index contributed by atoms with van der Waals surface area (Å²) >= 11 is 0. The number of carbonyl (C=O) groups is 1. The zero-order chi connectivity index (χ0) is 12.2. The number of nitrogens with zero attached hydrogens (tertiary/aromatic N) is 1. The molecule has 1 rings (SSSR count). The van der Waals surface area contributed by atoms with Crippen LogP contribution >= 0.6 is 0 Å². The molecule has 1 aliphatic heterocycles. The summed E-state index contributed by atoms with van der Waals surface area (Å²) in [6.45, 7) is 8.18. The number of rotatable bonds is 3. The van der Waals surface area contributed by atoms with E-state index < -0.39 is 0 Å². The normalized spacial score (nSPS) is 23.4. The Morgan fingerprint density at radius 2 is 2.06 bits per heavy atom. The molecule has 1 amide bonds. The molecule has 0 radical (unpaired) electrons. The molecule has 0 aliphatic carbocycles. The maximum Gasteiger partial charge on any atom is 0.226 e. The molecule has 3 nitrogen and oxygen atoms in total. The van der Waals surface area contributed by atoms with E-state index in [9.17, 15) is 4.79 Å². The smallest absolute Gasteiger partial charge is 0.226 e. The quantitative estimate of drug-likeness (QED) is 0.801. The monoisotopic (exact) mass is 227 g/mol. The number of amides is 1. The van der Waals surface area contributed by atoms with Gasteiger partial charge in [0.1, 0.15) is 0 Å². The molecule has 1 N–H and O–H groups in total. The van der Waals surface area contributed by atoms with Crippen molar-refractivity contribution in [3.05, 3.63) is 0 Å². The Kier molecular flexibility index (Phi) is 4.78. The SMILES string of the molecule is CC(C)(C)C1CCCCN(CCCO)C1=O. The Balaban J connectivity index is 2.69. The van der Waals surface area contributed by atoms with Crippen molar-refractivity contribution in [3.63, 3.8) is 0 Å². The van der Waals surface area contributed by atoms with E-state index in [0.717, 1.165) is 25.8 Å². The van der Waals surface area contributed by atoms with Gasteiger partial charge in [0.2, 0.25) is 5.91 Å². The van der Waals surface area contributed by atoms with Crippen LogP contribution in [0.2, 0.25) is 0 Å². The van der Waals surface area contributed by atoms with E-state index in [1.54, 1.807) is 0 Å². The highest BCUT2D eigenvalue weighted by Gasteiger charge is 2.35. The fraction of sp³-hybridized carbons (Fsp3) is 0.923. The van der Waals surface area contributed by atoms with Gasteiger partial charge in [0, 0.05) is 25.6 Å². The van der Waals surface area contributed by atoms with Gasteiger partial charge >= 0.3 is 0 Å². The van der Waals surface area contributed by atoms with E-state index in [-0.39, 0.29) is 17.9 Å². The maximum absolute atomic E-state index is 12.3. The minimum atomic E-state index is 0.0545. The third kappa shape index (κ3) is 3.48. The van der Waals surface area contributed by atoms with Gasteiger partial charge in [-0.2, -0.15) is 0 Å². The second kappa shape index (κ2) is 5.67. The zero-order valence-electron chi connectivity index (χ0n) is 10.8. The van der Waals surface area contributed by atoms with Crippen LogP contribution in [0.1, 0.15) is 46.5 Å². The number of hydrogen-bond acceptors (Lipinski definition) is 2. The van der Waals surface area contributed by atoms with Gasteiger partial charge in [0.05, 0.1) is 0 Å². The minimum Gasteiger partial charge on any atom is -0.396 e. The fourth-order valence-corrected chi connectivity index (χ4v) is 2.39. The number of carbonyl (C=O) groups excluding carboxylic acids is 1. The van der Waals surface area contributed by atoms with E-state index in [1.807, 2.05) is 4.90 Å². The molecule has 1 aliphatic rings. The molecule has 0 aromatic rings. The summed E-state index contributed by atoms with van der Waals surface area (Å²) in [6.07, 6.45) is 3.95. The van der Waals surface area contributed by atoms with Gasteiger partial charge in [-0.1, -0.05) is 27.2 Å². The molecule has 0 aromatic heterocycles. The molecule has 0 bridgehead atoms. The molecule has 94 valence electrons. The van der Waals surface area contributed by atoms with Crippen LogP contribution in [0.5, 0.6) is 0 Å². The van der Waals surface area contributed by atoms with Crippen LogP contribution in [-0.4, -0.2) is 35.6 Å². The van der Waals surface area contributed by atoms with Crippen molar-refractivity contribution < 1.29 is 9.90 Å². The second-order valence-electron chi connectivity index (χ2n) is 5.82. The van der Waals surface area contributed by atoms with Crippen molar-refractivity contribution in [1.29, 1.82) is 0 Å². The number of aliphatic hydroxyl groups is 1. The highest BCUT2D eigenvalue weighted by atomic mass is 16.3. The largest absolute Gasteiger partial charge is 0.396 e. The lowest BCUT2D eigenvalue weighted by Crippen LogP contribution is -2.40. The Bertz CT molecular complexity index is 233. The Hall–Kier alpha value is -0.570. The zero-order valence-corrected chi connectivity index (χ0v) is 10.8. The predicted octanol–water partition coefficient (Wildman–Crippen LogP) is 2.04. The Morgan fingerprint density at radius 3 is 2.62 bits per heavy atom. The predicted molar refractivity (Wildman–Crippen MR) is 65.1 cm³/mol. The van der Waals surface area contributed by atoms with Crippen molar-refractivity contribution in [3.8, 4) is 0 Å². The molecule has 1 unspecified atom stereocenters. The summed E-state index contributed by atoms with van der Waals surface area (Å²) in [5.74, 6) is 0.437. The molecule has 1 atom stereocenters. The highest BCUT2D eigenvalue weighted by Crippen LogP contribution is 2.33. The average Bonchev–Trinajstić information content (AvgIpc) is 2.36. The topological polar surface area (TPSA) is 40.5 Å². The molecule has 16 heavy (non-hydrogen) atoms. The summed E-state index contributed by atoms with van der Waals surface area (Å²) in [5, 5.41) is 8.84. The molecule has 0 aromatic carbocycles. The molecule has 0 spiro atoms. The Morgan fingerprint density at radius 1 is 1.38 bits per heavy atom. The fourth-order valence-electron chi connectivity index (χ4n) is 2.39. The van der Waals surface area contributed by atoms with Crippen molar-refractivity contribution >= 4 is 5.91 Å². The van der Waals surface area contributed by atoms with Gasteiger partial charge in [-0.15, -0.1) is 0 Å². The van der Waals surface area contributed by atoms with E-state index in [2.05, 4.69) is 20.8 Å². The van der Waals surface area contributed by atoms with Gasteiger partial charge in [-0.3, -0.25) is 4.79 Å². The summed E-state index contributed by atoms with van der Waals surface area (Å²) in [7, 11) is 0. The molecule has 1 saturated heterocycles. The summed E-state index contributed by atoms with van der Waals surface area (Å²) < 4.78 is 0. The number of likely N-dealkylation sites (tertiary alicyclic amines) is 1. The third-order valence-electron chi connectivity index (χ3n) is 3.41. The van der Waals surface area contributed by atoms with Gasteiger partial charge < -0.3 is 10.0 Å². The lowest BCUT2D eigenvalue weighted by Gasteiger charge is -2.32. The molecular formula is C13H25NO2. The van der Waals surface area contributed by atoms with Gasteiger partial charge in [-0.05, 0) is 24.7 Å². The lowest BCUT2D eigenvalue weighted by molar-refractivity contribution is -0.138. The van der Waals surface area contributed by atoms with Crippen molar-refractivity contribution in [2.24, 2.45) is 11.3 Å². The molecule has 3 heteroatoms. The van der Waals surface area contributed by atoms with Crippen molar-refractivity contribution in [2.45, 2.75) is 46.5 Å². The van der Waals surface area contributed by atoms with Crippen LogP contribution in [-0.2, 0) is 4.79 Å². The van der Waals surface area contributed by atoms with Crippen LogP contribution in [0.15, 0.2) is 0 Å². The van der Waals surface area contributed by atoms with Crippen molar-refractivity contribution in [1.82, 2.24) is 4.90 Å². The molecular weight excluding hydrogens is 202 g/mol. The first kappa shape index (κ1) is 13.5. The minimum absolute atomic E-state index is 0.0545. The van der Waals surface area contributed by atoms with Gasteiger partial charge in [0.15, 0.2) is 0 Å². The maximum atomic E-state index is 12.3. The first-order chi connectivity index (χ1) is 7.46. The molecule has 1 fully saturated rings. The average molecular weight is 227 g/mol. The summed E-state index contributed by atoms with van der Waals surface area (Å²) in [5.41, 5.74) is 0.0545. The first-order valence-electron chi connectivity index (χ1n) is 6.36. The van der Waals surface area contributed by atoms with E-state index >= 15 is 0 Å². The second-order valence-corrected chi connectivity index (χ2v) is 5.82. The summed E-state index contributed by atoms with van der Waals surface area (Å²) in [4.78, 5) is 14.3. The van der Waals surface area contributed by atoms with Crippen LogP contribution in [0.3, 0.4) is 0 Å². The van der Waals surface area contributed by atoms with Crippen LogP contribution in [0, 0.1) is 11.3 Å². The van der Waals surface area contributed by atoms with E-state index in [4.69, 9.17) is 5.11 Å². The third-order valence-corrected chi connectivity index (χ3v) is 3.41. The van der Waals surface area contributed by atoms with E-state index in [0.29, 0.717) is 18.9 Å². The van der Waals surface area contributed by atoms with Crippen molar-refractivity contribution in [2.75, 3.05) is 19.7 Å². The Labute approximate surface area is 98.8 Å². The molecule has 1 heterocycles. The van der Waals surface area contributed by atoms with E-state index in [1.165, 1.54) is 0 Å². The summed E-state index contributed by atoms with van der Waals surface area (Å²) in [6, 6.07) is 0. The van der Waals surface area contributed by atoms with Crippen LogP contribution < -0.4 is 0 Å². The highest BCUT2D eigenvalue weighted by molar-refractivity contribution is 5.79. The standard InChI is InChI=1S/C13H25NO2/c1-13(2,3)11-7-4-5-8-14(12(11)16)9-6-10-15/h11,15H,4-10H2,1-3H3. The number of hydrogen-bond donors (Lipinski definition) is 1. The first-order valence-corrected chi connectivity index (χ1v) is 6.36.